The highest BCUT2D eigenvalue weighted by Crippen LogP contribution is 2.27. The Kier molecular flexibility index (Phi) is 6.75. The second-order valence-electron chi connectivity index (χ2n) is 7.23. The summed E-state index contributed by atoms with van der Waals surface area (Å²) in [6.07, 6.45) is 5.75. The first-order valence-electron chi connectivity index (χ1n) is 9.35. The zero-order chi connectivity index (χ0) is 18.6. The number of sulfone groups is 1. The lowest BCUT2D eigenvalue weighted by Gasteiger charge is -2.32. The van der Waals surface area contributed by atoms with Gasteiger partial charge in [0.2, 0.25) is 0 Å². The molecule has 1 saturated heterocycles. The van der Waals surface area contributed by atoms with Crippen molar-refractivity contribution in [3.8, 4) is 0 Å². The highest BCUT2D eigenvalue weighted by molar-refractivity contribution is 9.10. The largest absolute Gasteiger partial charge is 0.462 e. The molecule has 1 aliphatic carbocycles. The fourth-order valence-corrected chi connectivity index (χ4v) is 5.23. The first-order valence-corrected chi connectivity index (χ1v) is 11.8. The fraction of sp³-hybridized carbons (Fsp3) is 0.632. The van der Waals surface area contributed by atoms with E-state index in [-0.39, 0.29) is 23.7 Å². The van der Waals surface area contributed by atoms with Crippen LogP contribution in [-0.4, -0.2) is 50.8 Å². The Morgan fingerprint density at radius 3 is 2.31 bits per heavy atom. The van der Waals surface area contributed by atoms with Crippen molar-refractivity contribution in [1.82, 2.24) is 4.90 Å². The Morgan fingerprint density at radius 1 is 1.08 bits per heavy atom. The first kappa shape index (κ1) is 19.8. The Hall–Kier alpha value is -0.920. The molecule has 2 fully saturated rings. The van der Waals surface area contributed by atoms with Crippen LogP contribution in [0.3, 0.4) is 0 Å². The van der Waals surface area contributed by atoms with Gasteiger partial charge in [0.05, 0.1) is 16.6 Å². The minimum atomic E-state index is -3.27. The van der Waals surface area contributed by atoms with Gasteiger partial charge in [-0.3, -0.25) is 4.79 Å². The van der Waals surface area contributed by atoms with Gasteiger partial charge >= 0.3 is 5.97 Å². The van der Waals surface area contributed by atoms with Crippen LogP contribution in [0.1, 0.15) is 38.5 Å². The molecule has 1 aromatic rings. The van der Waals surface area contributed by atoms with Crippen LogP contribution in [0.15, 0.2) is 33.6 Å². The Balaban J connectivity index is 1.42. The molecule has 144 valence electrons. The van der Waals surface area contributed by atoms with Crippen molar-refractivity contribution in [3.63, 3.8) is 0 Å². The van der Waals surface area contributed by atoms with E-state index in [0.717, 1.165) is 56.1 Å². The number of hydrogen-bond acceptors (Lipinski definition) is 5. The van der Waals surface area contributed by atoms with Crippen LogP contribution in [0.2, 0.25) is 0 Å². The van der Waals surface area contributed by atoms with Crippen molar-refractivity contribution in [1.29, 1.82) is 0 Å². The predicted octanol–water partition coefficient (Wildman–Crippen LogP) is 3.42. The first-order chi connectivity index (χ1) is 12.4. The maximum absolute atomic E-state index is 12.4. The average Bonchev–Trinajstić information content (AvgIpc) is 3.16. The third kappa shape index (κ3) is 5.30. The molecule has 7 heteroatoms. The number of halogens is 1. The van der Waals surface area contributed by atoms with Crippen molar-refractivity contribution in [2.24, 2.45) is 5.92 Å². The molecule has 2 aliphatic rings. The van der Waals surface area contributed by atoms with Gasteiger partial charge in [0, 0.05) is 24.1 Å². The summed E-state index contributed by atoms with van der Waals surface area (Å²) in [6.45, 7) is 2.07. The van der Waals surface area contributed by atoms with Crippen LogP contribution < -0.4 is 0 Å². The number of piperidine rings is 1. The number of ether oxygens (including phenoxy) is 1. The average molecular weight is 444 g/mol. The van der Waals surface area contributed by atoms with Gasteiger partial charge in [0.15, 0.2) is 9.84 Å². The van der Waals surface area contributed by atoms with E-state index in [0.29, 0.717) is 11.4 Å². The summed E-state index contributed by atoms with van der Waals surface area (Å²) in [5.41, 5.74) is 0. The molecule has 5 nitrogen and oxygen atoms in total. The molecule has 3 rings (SSSR count). The van der Waals surface area contributed by atoms with E-state index < -0.39 is 9.84 Å². The smallest absolute Gasteiger partial charge is 0.309 e. The number of rotatable bonds is 6. The molecule has 0 unspecified atom stereocenters. The van der Waals surface area contributed by atoms with E-state index in [4.69, 9.17) is 4.74 Å². The third-order valence-electron chi connectivity index (χ3n) is 5.35. The molecule has 0 N–H and O–H groups in total. The van der Waals surface area contributed by atoms with E-state index >= 15 is 0 Å². The minimum absolute atomic E-state index is 0.0116. The van der Waals surface area contributed by atoms with Gasteiger partial charge in [-0.2, -0.15) is 0 Å². The second kappa shape index (κ2) is 8.85. The van der Waals surface area contributed by atoms with Crippen LogP contribution >= 0.6 is 15.9 Å². The number of benzene rings is 1. The summed E-state index contributed by atoms with van der Waals surface area (Å²) in [5, 5.41) is 0. The standard InChI is InChI=1S/C19H26BrNO4S/c20-16-5-7-18(8-6-16)26(23,24)14-13-21-11-9-17(10-12-21)25-19(22)15-3-1-2-4-15/h5-8,15,17H,1-4,9-14H2. The lowest BCUT2D eigenvalue weighted by Crippen LogP contribution is -2.40. The van der Waals surface area contributed by atoms with Crippen LogP contribution in [0, 0.1) is 5.92 Å². The van der Waals surface area contributed by atoms with Crippen LogP contribution in [0.5, 0.6) is 0 Å². The van der Waals surface area contributed by atoms with Crippen molar-refractivity contribution in [2.45, 2.75) is 49.5 Å². The molecule has 0 atom stereocenters. The van der Waals surface area contributed by atoms with Crippen molar-refractivity contribution in [2.75, 3.05) is 25.4 Å². The Morgan fingerprint density at radius 2 is 1.69 bits per heavy atom. The molecule has 0 aromatic heterocycles. The third-order valence-corrected chi connectivity index (χ3v) is 7.59. The van der Waals surface area contributed by atoms with Gasteiger partial charge in [0.1, 0.15) is 6.10 Å². The fourth-order valence-electron chi connectivity index (χ4n) is 3.68. The molecule has 1 aromatic carbocycles. The number of esters is 1. The molecule has 0 radical (unpaired) electrons. The summed E-state index contributed by atoms with van der Waals surface area (Å²) in [6, 6.07) is 6.76. The van der Waals surface area contributed by atoms with E-state index in [1.807, 2.05) is 0 Å². The van der Waals surface area contributed by atoms with Crippen LogP contribution in [-0.2, 0) is 19.4 Å². The zero-order valence-corrected chi connectivity index (χ0v) is 17.3. The predicted molar refractivity (Wildman–Crippen MR) is 104 cm³/mol. The number of carbonyl (C=O) groups excluding carboxylic acids is 1. The zero-order valence-electron chi connectivity index (χ0n) is 14.9. The van der Waals surface area contributed by atoms with E-state index in [1.165, 1.54) is 0 Å². The van der Waals surface area contributed by atoms with E-state index in [9.17, 15) is 13.2 Å². The summed E-state index contributed by atoms with van der Waals surface area (Å²) < 4.78 is 31.4. The lowest BCUT2D eigenvalue weighted by molar-refractivity contribution is -0.156. The summed E-state index contributed by atoms with van der Waals surface area (Å²) >= 11 is 3.32. The van der Waals surface area contributed by atoms with E-state index in [2.05, 4.69) is 20.8 Å². The SMILES string of the molecule is O=C(OC1CCN(CCS(=O)(=O)c2ccc(Br)cc2)CC1)C1CCCC1. The monoisotopic (exact) mass is 443 g/mol. The normalized spacial score (nSPS) is 20.3. The highest BCUT2D eigenvalue weighted by Gasteiger charge is 2.29. The minimum Gasteiger partial charge on any atom is -0.462 e. The topological polar surface area (TPSA) is 63.7 Å². The summed E-state index contributed by atoms with van der Waals surface area (Å²) in [7, 11) is -3.27. The van der Waals surface area contributed by atoms with Gasteiger partial charge in [-0.1, -0.05) is 28.8 Å². The highest BCUT2D eigenvalue weighted by atomic mass is 79.9. The number of hydrogen-bond donors (Lipinski definition) is 0. The van der Waals surface area contributed by atoms with Crippen molar-refractivity contribution in [3.05, 3.63) is 28.7 Å². The van der Waals surface area contributed by atoms with Gasteiger partial charge in [-0.25, -0.2) is 8.42 Å². The molecule has 1 saturated carbocycles. The molecule has 26 heavy (non-hydrogen) atoms. The maximum Gasteiger partial charge on any atom is 0.309 e. The van der Waals surface area contributed by atoms with Gasteiger partial charge in [0.25, 0.3) is 0 Å². The van der Waals surface area contributed by atoms with E-state index in [1.54, 1.807) is 24.3 Å². The molecule has 0 spiro atoms. The number of likely N-dealkylation sites (tertiary alicyclic amines) is 1. The molecule has 0 bridgehead atoms. The molecule has 0 amide bonds. The van der Waals surface area contributed by atoms with Gasteiger partial charge in [-0.15, -0.1) is 0 Å². The number of carbonyl (C=O) groups is 1. The number of nitrogens with zero attached hydrogens (tertiary/aromatic N) is 1. The molecular weight excluding hydrogens is 418 g/mol. The maximum atomic E-state index is 12.4. The molecular formula is C19H26BrNO4S. The van der Waals surface area contributed by atoms with Gasteiger partial charge in [-0.05, 0) is 49.9 Å². The molecule has 1 heterocycles. The van der Waals surface area contributed by atoms with Crippen LogP contribution in [0.25, 0.3) is 0 Å². The quantitative estimate of drug-likeness (QED) is 0.630. The van der Waals surface area contributed by atoms with Crippen LogP contribution in [0.4, 0.5) is 0 Å². The second-order valence-corrected chi connectivity index (χ2v) is 10.3. The Bertz CT molecular complexity index is 706. The summed E-state index contributed by atoms with van der Waals surface area (Å²) in [5.74, 6) is 0.184. The van der Waals surface area contributed by atoms with Gasteiger partial charge < -0.3 is 9.64 Å². The van der Waals surface area contributed by atoms with Crippen molar-refractivity contribution < 1.29 is 17.9 Å². The Labute approximate surface area is 164 Å². The van der Waals surface area contributed by atoms with Crippen molar-refractivity contribution >= 4 is 31.7 Å². The lowest BCUT2D eigenvalue weighted by atomic mass is 10.1. The summed E-state index contributed by atoms with van der Waals surface area (Å²) in [4.78, 5) is 14.6. The molecule has 1 aliphatic heterocycles.